The Bertz CT molecular complexity index is 762. The largest absolute Gasteiger partial charge is 0.385 e. The Kier molecular flexibility index (Phi) is 5.75. The van der Waals surface area contributed by atoms with E-state index in [1.807, 2.05) is 26.0 Å². The van der Waals surface area contributed by atoms with Crippen molar-refractivity contribution >= 4 is 17.2 Å². The summed E-state index contributed by atoms with van der Waals surface area (Å²) in [7, 11) is 0. The van der Waals surface area contributed by atoms with E-state index in [0.717, 1.165) is 48.7 Å². The third-order valence-electron chi connectivity index (χ3n) is 5.10. The van der Waals surface area contributed by atoms with E-state index in [1.54, 1.807) is 0 Å². The smallest absolute Gasteiger partial charge is 0.263 e. The predicted molar refractivity (Wildman–Crippen MR) is 105 cm³/mol. The number of hydrogen-bond donors (Lipinski definition) is 2. The quantitative estimate of drug-likeness (QED) is 0.846. The topological polar surface area (TPSA) is 65.5 Å². The molecule has 5 nitrogen and oxygen atoms in total. The Labute approximate surface area is 159 Å². The first-order valence-electron chi connectivity index (χ1n) is 9.11. The van der Waals surface area contributed by atoms with Crippen LogP contribution in [0.25, 0.3) is 0 Å². The molecule has 140 valence electrons. The maximum Gasteiger partial charge on any atom is 0.263 e. The molecule has 0 saturated carbocycles. The fourth-order valence-corrected chi connectivity index (χ4v) is 4.29. The molecule has 0 aliphatic carbocycles. The van der Waals surface area contributed by atoms with Crippen LogP contribution < -0.4 is 5.32 Å². The zero-order valence-electron chi connectivity index (χ0n) is 15.7. The summed E-state index contributed by atoms with van der Waals surface area (Å²) in [5.74, 6) is -0.0405. The number of aromatic nitrogens is 1. The highest BCUT2D eigenvalue weighted by molar-refractivity contribution is 7.13. The molecule has 1 fully saturated rings. The van der Waals surface area contributed by atoms with Crippen molar-refractivity contribution in [2.24, 2.45) is 0 Å². The molecule has 1 aliphatic heterocycles. The van der Waals surface area contributed by atoms with Crippen molar-refractivity contribution in [3.63, 3.8) is 0 Å². The first-order chi connectivity index (χ1) is 12.4. The standard InChI is InChI=1S/C20H27N3O2S/c1-14-4-6-17(7-5-14)20(25)8-11-23(12-9-20)13-10-21-19(24)18-15(2)22-16(3)26-18/h4-7,25H,8-13H2,1-3H3,(H,21,24). The van der Waals surface area contributed by atoms with E-state index in [2.05, 4.69) is 34.3 Å². The van der Waals surface area contributed by atoms with Crippen molar-refractivity contribution in [1.29, 1.82) is 0 Å². The van der Waals surface area contributed by atoms with Gasteiger partial charge in [0.15, 0.2) is 0 Å². The van der Waals surface area contributed by atoms with E-state index in [0.29, 0.717) is 11.4 Å². The van der Waals surface area contributed by atoms with Crippen LogP contribution in [0.3, 0.4) is 0 Å². The molecule has 0 spiro atoms. The molecule has 2 N–H and O–H groups in total. The summed E-state index contributed by atoms with van der Waals surface area (Å²) in [4.78, 5) is 19.5. The number of piperidine rings is 1. The van der Waals surface area contributed by atoms with Gasteiger partial charge in [-0.05, 0) is 39.2 Å². The Morgan fingerprint density at radius 2 is 1.88 bits per heavy atom. The number of carbonyl (C=O) groups excluding carboxylic acids is 1. The molecule has 2 heterocycles. The second kappa shape index (κ2) is 7.86. The summed E-state index contributed by atoms with van der Waals surface area (Å²) in [6.45, 7) is 8.91. The molecular weight excluding hydrogens is 346 g/mol. The Morgan fingerprint density at radius 3 is 2.46 bits per heavy atom. The summed E-state index contributed by atoms with van der Waals surface area (Å²) < 4.78 is 0. The third kappa shape index (κ3) is 4.31. The number of rotatable bonds is 5. The average molecular weight is 374 g/mol. The fourth-order valence-electron chi connectivity index (χ4n) is 3.45. The number of carbonyl (C=O) groups is 1. The van der Waals surface area contributed by atoms with E-state index in [9.17, 15) is 9.90 Å². The van der Waals surface area contributed by atoms with Crippen molar-refractivity contribution in [3.8, 4) is 0 Å². The van der Waals surface area contributed by atoms with Gasteiger partial charge in [-0.2, -0.15) is 0 Å². The van der Waals surface area contributed by atoms with Gasteiger partial charge < -0.3 is 15.3 Å². The lowest BCUT2D eigenvalue weighted by Crippen LogP contribution is -2.45. The van der Waals surface area contributed by atoms with E-state index >= 15 is 0 Å². The van der Waals surface area contributed by atoms with Gasteiger partial charge in [0.1, 0.15) is 4.88 Å². The number of amides is 1. The van der Waals surface area contributed by atoms with Gasteiger partial charge in [0, 0.05) is 26.2 Å². The number of thiazole rings is 1. The summed E-state index contributed by atoms with van der Waals surface area (Å²) in [5, 5.41) is 14.8. The Hall–Kier alpha value is -1.76. The zero-order chi connectivity index (χ0) is 18.7. The molecule has 0 bridgehead atoms. The maximum absolute atomic E-state index is 12.2. The molecule has 2 aromatic rings. The van der Waals surface area contributed by atoms with Gasteiger partial charge in [-0.3, -0.25) is 4.79 Å². The van der Waals surface area contributed by atoms with Crippen LogP contribution >= 0.6 is 11.3 Å². The van der Waals surface area contributed by atoms with Gasteiger partial charge in [0.05, 0.1) is 16.3 Å². The Morgan fingerprint density at radius 1 is 1.23 bits per heavy atom. The number of nitrogens with one attached hydrogen (secondary N) is 1. The van der Waals surface area contributed by atoms with Crippen molar-refractivity contribution in [2.75, 3.05) is 26.2 Å². The van der Waals surface area contributed by atoms with Crippen molar-refractivity contribution in [1.82, 2.24) is 15.2 Å². The van der Waals surface area contributed by atoms with Crippen molar-refractivity contribution in [2.45, 2.75) is 39.2 Å². The first-order valence-corrected chi connectivity index (χ1v) is 9.93. The normalized spacial score (nSPS) is 17.2. The number of aliphatic hydroxyl groups is 1. The van der Waals surface area contributed by atoms with Crippen LogP contribution in [0.5, 0.6) is 0 Å². The molecule has 26 heavy (non-hydrogen) atoms. The molecule has 1 aliphatic rings. The third-order valence-corrected chi connectivity index (χ3v) is 6.17. The molecule has 1 aromatic heterocycles. The molecule has 0 radical (unpaired) electrons. The molecule has 1 saturated heterocycles. The first kappa shape index (κ1) is 19.0. The second-order valence-corrected chi connectivity index (χ2v) is 8.35. The highest BCUT2D eigenvalue weighted by Gasteiger charge is 2.33. The van der Waals surface area contributed by atoms with Gasteiger partial charge >= 0.3 is 0 Å². The Balaban J connectivity index is 1.46. The van der Waals surface area contributed by atoms with Crippen LogP contribution in [-0.2, 0) is 5.60 Å². The SMILES string of the molecule is Cc1ccc(C2(O)CCN(CCNC(=O)c3sc(C)nc3C)CC2)cc1. The van der Waals surface area contributed by atoms with Crippen LogP contribution in [0, 0.1) is 20.8 Å². The summed E-state index contributed by atoms with van der Waals surface area (Å²) in [6, 6.07) is 8.17. The molecule has 0 unspecified atom stereocenters. The molecular formula is C20H27N3O2S. The summed E-state index contributed by atoms with van der Waals surface area (Å²) in [5.41, 5.74) is 2.28. The van der Waals surface area contributed by atoms with Gasteiger partial charge in [0.25, 0.3) is 5.91 Å². The molecule has 1 amide bonds. The van der Waals surface area contributed by atoms with Gasteiger partial charge in [0.2, 0.25) is 0 Å². The minimum atomic E-state index is -0.731. The highest BCUT2D eigenvalue weighted by Crippen LogP contribution is 2.32. The van der Waals surface area contributed by atoms with Crippen molar-refractivity contribution < 1.29 is 9.90 Å². The van der Waals surface area contributed by atoms with Gasteiger partial charge in [-0.15, -0.1) is 11.3 Å². The number of nitrogens with zero attached hydrogens (tertiary/aromatic N) is 2. The molecule has 3 rings (SSSR count). The van der Waals surface area contributed by atoms with Crippen LogP contribution in [-0.4, -0.2) is 47.1 Å². The van der Waals surface area contributed by atoms with E-state index in [-0.39, 0.29) is 5.91 Å². The predicted octanol–water partition coefficient (Wildman–Crippen LogP) is 2.78. The van der Waals surface area contributed by atoms with Crippen LogP contribution in [0.15, 0.2) is 24.3 Å². The van der Waals surface area contributed by atoms with Crippen LogP contribution in [0.1, 0.15) is 44.3 Å². The highest BCUT2D eigenvalue weighted by atomic mass is 32.1. The lowest BCUT2D eigenvalue weighted by molar-refractivity contribution is -0.0255. The number of aryl methyl sites for hydroxylation is 3. The fraction of sp³-hybridized carbons (Fsp3) is 0.500. The van der Waals surface area contributed by atoms with E-state index in [1.165, 1.54) is 16.9 Å². The monoisotopic (exact) mass is 373 g/mol. The molecule has 1 aromatic carbocycles. The van der Waals surface area contributed by atoms with Crippen molar-refractivity contribution in [3.05, 3.63) is 51.0 Å². The lowest BCUT2D eigenvalue weighted by atomic mass is 9.84. The number of hydrogen-bond acceptors (Lipinski definition) is 5. The summed E-state index contributed by atoms with van der Waals surface area (Å²) >= 11 is 1.44. The molecule has 6 heteroatoms. The minimum absolute atomic E-state index is 0.0405. The molecule has 0 atom stereocenters. The van der Waals surface area contributed by atoms with Crippen LogP contribution in [0.2, 0.25) is 0 Å². The number of likely N-dealkylation sites (tertiary alicyclic amines) is 1. The van der Waals surface area contributed by atoms with E-state index in [4.69, 9.17) is 0 Å². The maximum atomic E-state index is 12.2. The summed E-state index contributed by atoms with van der Waals surface area (Å²) in [6.07, 6.45) is 1.44. The minimum Gasteiger partial charge on any atom is -0.385 e. The van der Waals surface area contributed by atoms with Gasteiger partial charge in [-0.25, -0.2) is 4.98 Å². The van der Waals surface area contributed by atoms with E-state index < -0.39 is 5.60 Å². The second-order valence-electron chi connectivity index (χ2n) is 7.14. The van der Waals surface area contributed by atoms with Gasteiger partial charge in [-0.1, -0.05) is 29.8 Å². The average Bonchev–Trinajstić information content (AvgIpc) is 2.95. The van der Waals surface area contributed by atoms with Crippen LogP contribution in [0.4, 0.5) is 0 Å². The number of benzene rings is 1. The lowest BCUT2D eigenvalue weighted by Gasteiger charge is -2.38. The zero-order valence-corrected chi connectivity index (χ0v) is 16.5.